The third kappa shape index (κ3) is 3.98. The van der Waals surface area contributed by atoms with Crippen molar-refractivity contribution in [1.29, 1.82) is 0 Å². The van der Waals surface area contributed by atoms with Crippen molar-refractivity contribution >= 4 is 11.8 Å². The first-order valence-corrected chi connectivity index (χ1v) is 6.90. The zero-order valence-electron chi connectivity index (χ0n) is 13.5. The summed E-state index contributed by atoms with van der Waals surface area (Å²) in [6.45, 7) is 3.95. The lowest BCUT2D eigenvalue weighted by atomic mass is 9.95. The largest absolute Gasteiger partial charge is 0.496 e. The Hall–Kier alpha value is -2.08. The van der Waals surface area contributed by atoms with E-state index in [1.807, 2.05) is 13.8 Å². The molecule has 0 saturated heterocycles. The van der Waals surface area contributed by atoms with Gasteiger partial charge < -0.3 is 19.3 Å². The summed E-state index contributed by atoms with van der Waals surface area (Å²) in [5.41, 5.74) is 1.15. The SMILES string of the molecule is COC(=O)C(O)CC(=O)c1cc(C(C)C)c(OC)cc1OC. The Bertz CT molecular complexity index is 550. The fourth-order valence-electron chi connectivity index (χ4n) is 2.10. The number of Topliss-reactive ketones (excluding diaryl/α,β-unsaturated/α-hetero) is 1. The molecule has 0 saturated carbocycles. The van der Waals surface area contributed by atoms with Crippen molar-refractivity contribution < 1.29 is 28.9 Å². The van der Waals surface area contributed by atoms with E-state index in [1.165, 1.54) is 7.11 Å². The number of carbonyl (C=O) groups excluding carboxylic acids is 2. The Balaban J connectivity index is 3.19. The number of aliphatic hydroxyl groups excluding tert-OH is 1. The number of rotatable bonds is 7. The predicted octanol–water partition coefficient (Wildman–Crippen LogP) is 1.93. The number of benzene rings is 1. The maximum Gasteiger partial charge on any atom is 0.335 e. The van der Waals surface area contributed by atoms with E-state index in [4.69, 9.17) is 9.47 Å². The lowest BCUT2D eigenvalue weighted by molar-refractivity contribution is -0.150. The molecule has 6 heteroatoms. The summed E-state index contributed by atoms with van der Waals surface area (Å²) in [4.78, 5) is 23.6. The maximum atomic E-state index is 12.3. The van der Waals surface area contributed by atoms with Crippen LogP contribution in [0.2, 0.25) is 0 Å². The first-order valence-electron chi connectivity index (χ1n) is 6.90. The summed E-state index contributed by atoms with van der Waals surface area (Å²) in [5.74, 6) is -0.151. The molecule has 1 aromatic rings. The molecular formula is C16H22O6. The topological polar surface area (TPSA) is 82.1 Å². The van der Waals surface area contributed by atoms with Crippen molar-refractivity contribution in [3.05, 3.63) is 23.3 Å². The number of hydrogen-bond acceptors (Lipinski definition) is 6. The van der Waals surface area contributed by atoms with Gasteiger partial charge in [-0.25, -0.2) is 4.79 Å². The first kappa shape index (κ1) is 18.0. The van der Waals surface area contributed by atoms with Crippen LogP contribution in [-0.4, -0.2) is 44.3 Å². The second kappa shape index (κ2) is 7.79. The summed E-state index contributed by atoms with van der Waals surface area (Å²) in [5, 5.41) is 9.63. The van der Waals surface area contributed by atoms with Crippen LogP contribution in [0.4, 0.5) is 0 Å². The van der Waals surface area contributed by atoms with Gasteiger partial charge in [-0.3, -0.25) is 4.79 Å². The van der Waals surface area contributed by atoms with Crippen LogP contribution in [-0.2, 0) is 9.53 Å². The minimum absolute atomic E-state index is 0.137. The van der Waals surface area contributed by atoms with Gasteiger partial charge in [0.2, 0.25) is 0 Å². The van der Waals surface area contributed by atoms with Crippen LogP contribution in [0.5, 0.6) is 11.5 Å². The van der Waals surface area contributed by atoms with E-state index < -0.39 is 17.9 Å². The van der Waals surface area contributed by atoms with Crippen LogP contribution in [0.25, 0.3) is 0 Å². The quantitative estimate of drug-likeness (QED) is 0.612. The second-order valence-corrected chi connectivity index (χ2v) is 5.12. The van der Waals surface area contributed by atoms with Gasteiger partial charge in [0.15, 0.2) is 11.9 Å². The van der Waals surface area contributed by atoms with E-state index in [0.29, 0.717) is 17.1 Å². The molecule has 1 aromatic carbocycles. The summed E-state index contributed by atoms with van der Waals surface area (Å²) in [7, 11) is 4.14. The zero-order chi connectivity index (χ0) is 16.9. The summed E-state index contributed by atoms with van der Waals surface area (Å²) < 4.78 is 14.9. The lowest BCUT2D eigenvalue weighted by Crippen LogP contribution is -2.25. The Morgan fingerprint density at radius 3 is 2.14 bits per heavy atom. The molecule has 0 aliphatic carbocycles. The maximum absolute atomic E-state index is 12.3. The van der Waals surface area contributed by atoms with Gasteiger partial charge in [-0.1, -0.05) is 13.8 Å². The van der Waals surface area contributed by atoms with Crippen LogP contribution in [0.15, 0.2) is 12.1 Å². The smallest absolute Gasteiger partial charge is 0.335 e. The van der Waals surface area contributed by atoms with Crippen molar-refractivity contribution in [1.82, 2.24) is 0 Å². The van der Waals surface area contributed by atoms with E-state index in [2.05, 4.69) is 4.74 Å². The number of ketones is 1. The number of ether oxygens (including phenoxy) is 3. The van der Waals surface area contributed by atoms with Gasteiger partial charge in [-0.2, -0.15) is 0 Å². The summed E-state index contributed by atoms with van der Waals surface area (Å²) in [6, 6.07) is 3.31. The van der Waals surface area contributed by atoms with Crippen LogP contribution < -0.4 is 9.47 Å². The highest BCUT2D eigenvalue weighted by atomic mass is 16.5. The highest BCUT2D eigenvalue weighted by Crippen LogP contribution is 2.34. The average molecular weight is 310 g/mol. The fraction of sp³-hybridized carbons (Fsp3) is 0.500. The molecule has 0 aliphatic rings. The molecule has 0 aromatic heterocycles. The molecule has 0 fully saturated rings. The monoisotopic (exact) mass is 310 g/mol. The van der Waals surface area contributed by atoms with Crippen LogP contribution in [0.1, 0.15) is 42.1 Å². The van der Waals surface area contributed by atoms with E-state index in [1.54, 1.807) is 19.2 Å². The van der Waals surface area contributed by atoms with Gasteiger partial charge in [0.1, 0.15) is 11.5 Å². The minimum atomic E-state index is -1.49. The number of carbonyl (C=O) groups is 2. The Kier molecular flexibility index (Phi) is 6.37. The van der Waals surface area contributed by atoms with Crippen molar-refractivity contribution in [3.63, 3.8) is 0 Å². The standard InChI is InChI=1S/C16H22O6/c1-9(2)10-6-11(15(21-4)8-14(10)20-3)12(17)7-13(18)16(19)22-5/h6,8-9,13,18H,7H2,1-5H3. The second-order valence-electron chi connectivity index (χ2n) is 5.12. The predicted molar refractivity (Wildman–Crippen MR) is 80.6 cm³/mol. The minimum Gasteiger partial charge on any atom is -0.496 e. The molecule has 1 unspecified atom stereocenters. The molecule has 0 radical (unpaired) electrons. The molecule has 1 N–H and O–H groups in total. The van der Waals surface area contributed by atoms with Gasteiger partial charge in [0.05, 0.1) is 26.9 Å². The van der Waals surface area contributed by atoms with Crippen LogP contribution in [0, 0.1) is 0 Å². The summed E-state index contributed by atoms with van der Waals surface area (Å²) in [6.07, 6.45) is -1.86. The normalized spacial score (nSPS) is 12.0. The highest BCUT2D eigenvalue weighted by Gasteiger charge is 2.24. The Labute approximate surface area is 130 Å². The number of esters is 1. The zero-order valence-corrected chi connectivity index (χ0v) is 13.5. The van der Waals surface area contributed by atoms with Crippen molar-refractivity contribution in [2.45, 2.75) is 32.3 Å². The number of aliphatic hydroxyl groups is 1. The van der Waals surface area contributed by atoms with Crippen molar-refractivity contribution in [2.24, 2.45) is 0 Å². The highest BCUT2D eigenvalue weighted by molar-refractivity contribution is 6.01. The third-order valence-corrected chi connectivity index (χ3v) is 3.33. The molecular weight excluding hydrogens is 288 g/mol. The third-order valence-electron chi connectivity index (χ3n) is 3.33. The molecule has 6 nitrogen and oxygen atoms in total. The van der Waals surface area contributed by atoms with E-state index in [0.717, 1.165) is 12.7 Å². The Morgan fingerprint density at radius 1 is 1.09 bits per heavy atom. The number of hydrogen-bond donors (Lipinski definition) is 1. The average Bonchev–Trinajstić information content (AvgIpc) is 2.51. The van der Waals surface area contributed by atoms with Crippen molar-refractivity contribution in [3.8, 4) is 11.5 Å². The van der Waals surface area contributed by atoms with Crippen molar-refractivity contribution in [2.75, 3.05) is 21.3 Å². The molecule has 0 heterocycles. The summed E-state index contributed by atoms with van der Waals surface area (Å²) >= 11 is 0. The molecule has 0 aliphatic heterocycles. The molecule has 1 atom stereocenters. The van der Waals surface area contributed by atoms with E-state index in [9.17, 15) is 14.7 Å². The molecule has 22 heavy (non-hydrogen) atoms. The molecule has 0 amide bonds. The van der Waals surface area contributed by atoms with Gasteiger partial charge in [0.25, 0.3) is 0 Å². The Morgan fingerprint density at radius 2 is 1.68 bits per heavy atom. The van der Waals surface area contributed by atoms with Crippen LogP contribution in [0.3, 0.4) is 0 Å². The van der Waals surface area contributed by atoms with Gasteiger partial charge in [0, 0.05) is 12.5 Å². The first-order chi connectivity index (χ1) is 10.3. The lowest BCUT2D eigenvalue weighted by Gasteiger charge is -2.17. The van der Waals surface area contributed by atoms with E-state index >= 15 is 0 Å². The van der Waals surface area contributed by atoms with Crippen LogP contribution >= 0.6 is 0 Å². The van der Waals surface area contributed by atoms with Gasteiger partial charge >= 0.3 is 5.97 Å². The fourth-order valence-corrected chi connectivity index (χ4v) is 2.10. The molecule has 122 valence electrons. The molecule has 0 bridgehead atoms. The molecule has 1 rings (SSSR count). The number of methoxy groups -OCH3 is 3. The molecule has 0 spiro atoms. The van der Waals surface area contributed by atoms with Gasteiger partial charge in [-0.15, -0.1) is 0 Å². The van der Waals surface area contributed by atoms with Gasteiger partial charge in [-0.05, 0) is 17.5 Å². The van der Waals surface area contributed by atoms with E-state index in [-0.39, 0.29) is 12.3 Å².